The topological polar surface area (TPSA) is 111 Å². The quantitative estimate of drug-likeness (QED) is 0.650. The SMILES string of the molecule is COc1ccnc(NNC(=O)Cn2cnc3ccccc3c2=O)n1. The van der Waals surface area contributed by atoms with E-state index in [0.29, 0.717) is 16.8 Å². The number of rotatable bonds is 5. The summed E-state index contributed by atoms with van der Waals surface area (Å²) in [5, 5.41) is 0.455. The Morgan fingerprint density at radius 1 is 1.25 bits per heavy atom. The van der Waals surface area contributed by atoms with Crippen molar-refractivity contribution in [1.82, 2.24) is 24.9 Å². The Morgan fingerprint density at radius 2 is 2.08 bits per heavy atom. The fourth-order valence-electron chi connectivity index (χ4n) is 2.05. The highest BCUT2D eigenvalue weighted by atomic mass is 16.5. The minimum atomic E-state index is -0.444. The molecule has 2 N–H and O–H groups in total. The largest absolute Gasteiger partial charge is 0.481 e. The summed E-state index contributed by atoms with van der Waals surface area (Å²) in [5.74, 6) is 0.0870. The second-order valence-corrected chi connectivity index (χ2v) is 4.79. The van der Waals surface area contributed by atoms with Gasteiger partial charge in [-0.1, -0.05) is 12.1 Å². The number of amides is 1. The van der Waals surface area contributed by atoms with Crippen LogP contribution in [0.25, 0.3) is 10.9 Å². The van der Waals surface area contributed by atoms with Gasteiger partial charge in [0.1, 0.15) is 6.54 Å². The zero-order chi connectivity index (χ0) is 16.9. The molecule has 2 aromatic heterocycles. The number of nitrogens with one attached hydrogen (secondary N) is 2. The number of benzene rings is 1. The lowest BCUT2D eigenvalue weighted by Crippen LogP contribution is -2.36. The fourth-order valence-corrected chi connectivity index (χ4v) is 2.05. The van der Waals surface area contributed by atoms with Gasteiger partial charge in [0.15, 0.2) is 0 Å². The van der Waals surface area contributed by atoms with Crippen LogP contribution >= 0.6 is 0 Å². The molecule has 0 aliphatic carbocycles. The van der Waals surface area contributed by atoms with Crippen LogP contribution in [0.3, 0.4) is 0 Å². The molecule has 0 fully saturated rings. The predicted molar refractivity (Wildman–Crippen MR) is 86.4 cm³/mol. The van der Waals surface area contributed by atoms with Gasteiger partial charge in [-0.2, -0.15) is 4.98 Å². The Hall–Kier alpha value is -3.49. The summed E-state index contributed by atoms with van der Waals surface area (Å²) in [6.07, 6.45) is 2.82. The maximum absolute atomic E-state index is 12.3. The standard InChI is InChI=1S/C15H14N6O3/c1-24-13-6-7-16-15(18-13)20-19-12(22)8-21-9-17-11-5-3-2-4-10(11)14(21)23/h2-7,9H,8H2,1H3,(H,19,22)(H,16,18,20). The van der Waals surface area contributed by atoms with E-state index in [1.54, 1.807) is 30.3 Å². The number of anilines is 1. The summed E-state index contributed by atoms with van der Waals surface area (Å²) in [7, 11) is 1.48. The lowest BCUT2D eigenvalue weighted by molar-refractivity contribution is -0.121. The number of methoxy groups -OCH3 is 1. The zero-order valence-electron chi connectivity index (χ0n) is 12.8. The van der Waals surface area contributed by atoms with Crippen molar-refractivity contribution in [3.05, 3.63) is 53.2 Å². The number of carbonyl (C=O) groups is 1. The van der Waals surface area contributed by atoms with E-state index in [0.717, 1.165) is 0 Å². The van der Waals surface area contributed by atoms with Crippen LogP contribution in [0.15, 0.2) is 47.7 Å². The van der Waals surface area contributed by atoms with Gasteiger partial charge in [0, 0.05) is 12.3 Å². The van der Waals surface area contributed by atoms with Gasteiger partial charge in [-0.3, -0.25) is 25.0 Å². The fraction of sp³-hybridized carbons (Fsp3) is 0.133. The van der Waals surface area contributed by atoms with E-state index < -0.39 is 5.91 Å². The monoisotopic (exact) mass is 326 g/mol. The van der Waals surface area contributed by atoms with Crippen LogP contribution in [0.5, 0.6) is 5.88 Å². The Labute approximate surface area is 136 Å². The van der Waals surface area contributed by atoms with E-state index in [2.05, 4.69) is 25.8 Å². The second kappa shape index (κ2) is 6.73. The number of nitrogens with zero attached hydrogens (tertiary/aromatic N) is 4. The number of fused-ring (bicyclic) bond motifs is 1. The van der Waals surface area contributed by atoms with Crippen molar-refractivity contribution in [2.75, 3.05) is 12.5 Å². The number of ether oxygens (including phenoxy) is 1. The molecule has 2 heterocycles. The number of para-hydroxylation sites is 1. The van der Waals surface area contributed by atoms with Crippen molar-refractivity contribution < 1.29 is 9.53 Å². The van der Waals surface area contributed by atoms with E-state index in [1.807, 2.05) is 0 Å². The molecule has 9 heteroatoms. The van der Waals surface area contributed by atoms with Crippen LogP contribution in [-0.4, -0.2) is 32.5 Å². The molecule has 0 spiro atoms. The van der Waals surface area contributed by atoms with Crippen molar-refractivity contribution in [2.24, 2.45) is 0 Å². The first-order valence-corrected chi connectivity index (χ1v) is 7.03. The Balaban J connectivity index is 1.69. The number of aromatic nitrogens is 4. The van der Waals surface area contributed by atoms with Crippen LogP contribution in [0.4, 0.5) is 5.95 Å². The molecule has 1 aromatic carbocycles. The van der Waals surface area contributed by atoms with E-state index in [9.17, 15) is 9.59 Å². The van der Waals surface area contributed by atoms with Crippen molar-refractivity contribution in [3.8, 4) is 5.88 Å². The van der Waals surface area contributed by atoms with Crippen LogP contribution in [0.1, 0.15) is 0 Å². The molecule has 1 amide bonds. The number of hydrogen-bond donors (Lipinski definition) is 2. The third-order valence-electron chi connectivity index (χ3n) is 3.20. The number of hydrogen-bond acceptors (Lipinski definition) is 7. The average Bonchev–Trinajstić information content (AvgIpc) is 2.63. The van der Waals surface area contributed by atoms with Crippen molar-refractivity contribution in [3.63, 3.8) is 0 Å². The van der Waals surface area contributed by atoms with Gasteiger partial charge >= 0.3 is 0 Å². The van der Waals surface area contributed by atoms with E-state index in [4.69, 9.17) is 4.74 Å². The molecule has 0 aliphatic rings. The molecule has 24 heavy (non-hydrogen) atoms. The molecule has 9 nitrogen and oxygen atoms in total. The van der Waals surface area contributed by atoms with Gasteiger partial charge in [-0.25, -0.2) is 9.97 Å². The zero-order valence-corrected chi connectivity index (χ0v) is 12.8. The molecule has 122 valence electrons. The summed E-state index contributed by atoms with van der Waals surface area (Å²) >= 11 is 0. The van der Waals surface area contributed by atoms with Crippen molar-refractivity contribution >= 4 is 22.8 Å². The minimum absolute atomic E-state index is 0.173. The van der Waals surface area contributed by atoms with Gasteiger partial charge in [0.05, 0.1) is 24.3 Å². The maximum atomic E-state index is 12.3. The maximum Gasteiger partial charge on any atom is 0.261 e. The van der Waals surface area contributed by atoms with Gasteiger partial charge in [-0.05, 0) is 12.1 Å². The van der Waals surface area contributed by atoms with Crippen LogP contribution < -0.4 is 21.1 Å². The van der Waals surface area contributed by atoms with E-state index in [1.165, 1.54) is 24.2 Å². The van der Waals surface area contributed by atoms with Crippen molar-refractivity contribution in [2.45, 2.75) is 6.54 Å². The number of hydrazine groups is 1. The molecule has 0 unspecified atom stereocenters. The molecule has 0 saturated carbocycles. The average molecular weight is 326 g/mol. The van der Waals surface area contributed by atoms with Gasteiger partial charge in [-0.15, -0.1) is 0 Å². The highest BCUT2D eigenvalue weighted by molar-refractivity contribution is 5.79. The Morgan fingerprint density at radius 3 is 2.92 bits per heavy atom. The Bertz CT molecular complexity index is 940. The molecule has 3 rings (SSSR count). The third-order valence-corrected chi connectivity index (χ3v) is 3.20. The Kier molecular flexibility index (Phi) is 4.32. The normalized spacial score (nSPS) is 10.4. The van der Waals surface area contributed by atoms with E-state index in [-0.39, 0.29) is 18.1 Å². The van der Waals surface area contributed by atoms with Gasteiger partial charge in [0.25, 0.3) is 11.5 Å². The third kappa shape index (κ3) is 3.29. The summed E-state index contributed by atoms with van der Waals surface area (Å²) in [6.45, 7) is -0.187. The summed E-state index contributed by atoms with van der Waals surface area (Å²) in [6, 6.07) is 8.53. The molecule has 0 bridgehead atoms. The summed E-state index contributed by atoms with van der Waals surface area (Å²) in [4.78, 5) is 36.4. The molecule has 0 saturated heterocycles. The van der Waals surface area contributed by atoms with Gasteiger partial charge in [0.2, 0.25) is 11.8 Å². The molecular formula is C15H14N6O3. The molecular weight excluding hydrogens is 312 g/mol. The highest BCUT2D eigenvalue weighted by Crippen LogP contribution is 2.06. The second-order valence-electron chi connectivity index (χ2n) is 4.79. The van der Waals surface area contributed by atoms with Crippen molar-refractivity contribution in [1.29, 1.82) is 0 Å². The first-order valence-electron chi connectivity index (χ1n) is 7.03. The first kappa shape index (κ1) is 15.4. The van der Waals surface area contributed by atoms with E-state index >= 15 is 0 Å². The minimum Gasteiger partial charge on any atom is -0.481 e. The predicted octanol–water partition coefficient (Wildman–Crippen LogP) is 0.338. The van der Waals surface area contributed by atoms with Crippen LogP contribution in [-0.2, 0) is 11.3 Å². The molecule has 0 atom stereocenters. The van der Waals surface area contributed by atoms with Crippen LogP contribution in [0.2, 0.25) is 0 Å². The number of carbonyl (C=O) groups excluding carboxylic acids is 1. The highest BCUT2D eigenvalue weighted by Gasteiger charge is 2.08. The van der Waals surface area contributed by atoms with Gasteiger partial charge < -0.3 is 4.74 Å². The summed E-state index contributed by atoms with van der Waals surface area (Å²) < 4.78 is 6.18. The molecule has 0 radical (unpaired) electrons. The lowest BCUT2D eigenvalue weighted by atomic mass is 10.2. The van der Waals surface area contributed by atoms with Crippen LogP contribution in [0, 0.1) is 0 Å². The first-order chi connectivity index (χ1) is 11.7. The molecule has 0 aliphatic heterocycles. The summed E-state index contributed by atoms with van der Waals surface area (Å²) in [5.41, 5.74) is 5.28. The lowest BCUT2D eigenvalue weighted by Gasteiger charge is -2.09. The molecule has 3 aromatic rings. The smallest absolute Gasteiger partial charge is 0.261 e.